The standard InChI is InChI=1S/C18H17FNO/c19-16-6-2-13(3-7-16)1-5-15-12-20-18-8-4-14(9-10-21)11-17(15)18/h2-8,11-12,20-21H,1,9-10H2. The van der Waals surface area contributed by atoms with Crippen LogP contribution in [0.4, 0.5) is 4.39 Å². The summed E-state index contributed by atoms with van der Waals surface area (Å²) in [5.41, 5.74) is 4.43. The van der Waals surface area contributed by atoms with Gasteiger partial charge < -0.3 is 10.1 Å². The number of aliphatic hydroxyl groups excluding tert-OH is 1. The van der Waals surface area contributed by atoms with Crippen LogP contribution in [0.15, 0.2) is 48.7 Å². The highest BCUT2D eigenvalue weighted by molar-refractivity contribution is 5.85. The first-order valence-electron chi connectivity index (χ1n) is 7.05. The van der Waals surface area contributed by atoms with Crippen LogP contribution in [-0.2, 0) is 12.8 Å². The quantitative estimate of drug-likeness (QED) is 0.736. The Labute approximate surface area is 123 Å². The van der Waals surface area contributed by atoms with Gasteiger partial charge in [-0.3, -0.25) is 0 Å². The van der Waals surface area contributed by atoms with Crippen LogP contribution < -0.4 is 0 Å². The van der Waals surface area contributed by atoms with E-state index in [1.165, 1.54) is 12.1 Å². The second kappa shape index (κ2) is 6.10. The van der Waals surface area contributed by atoms with Gasteiger partial charge in [-0.25, -0.2) is 4.39 Å². The van der Waals surface area contributed by atoms with Gasteiger partial charge in [0.2, 0.25) is 0 Å². The topological polar surface area (TPSA) is 36.0 Å². The molecule has 1 heterocycles. The van der Waals surface area contributed by atoms with Gasteiger partial charge in [0.25, 0.3) is 0 Å². The molecular weight excluding hydrogens is 265 g/mol. The van der Waals surface area contributed by atoms with Gasteiger partial charge >= 0.3 is 0 Å². The Morgan fingerprint density at radius 3 is 2.57 bits per heavy atom. The Balaban J connectivity index is 1.79. The fourth-order valence-corrected chi connectivity index (χ4v) is 2.49. The summed E-state index contributed by atoms with van der Waals surface area (Å²) in [5.74, 6) is -0.209. The maximum absolute atomic E-state index is 12.9. The van der Waals surface area contributed by atoms with Crippen molar-refractivity contribution in [3.8, 4) is 0 Å². The SMILES string of the molecule is OCCc1ccc2[nH]cc([CH]Cc3ccc(F)cc3)c2c1. The first-order chi connectivity index (χ1) is 10.3. The van der Waals surface area contributed by atoms with Gasteiger partial charge in [-0.15, -0.1) is 0 Å². The van der Waals surface area contributed by atoms with Crippen molar-refractivity contribution in [3.63, 3.8) is 0 Å². The smallest absolute Gasteiger partial charge is 0.123 e. The second-order valence-corrected chi connectivity index (χ2v) is 5.13. The van der Waals surface area contributed by atoms with Crippen LogP contribution in [0, 0.1) is 12.2 Å². The summed E-state index contributed by atoms with van der Waals surface area (Å²) in [4.78, 5) is 3.25. The maximum Gasteiger partial charge on any atom is 0.123 e. The van der Waals surface area contributed by atoms with Crippen LogP contribution in [0.1, 0.15) is 16.7 Å². The molecule has 2 aromatic carbocycles. The molecule has 0 aliphatic carbocycles. The van der Waals surface area contributed by atoms with Gasteiger partial charge in [0.1, 0.15) is 5.82 Å². The number of rotatable bonds is 5. The van der Waals surface area contributed by atoms with E-state index < -0.39 is 0 Å². The third-order valence-corrected chi connectivity index (χ3v) is 3.65. The molecule has 1 aromatic heterocycles. The number of H-pyrrole nitrogens is 1. The lowest BCUT2D eigenvalue weighted by atomic mass is 10.0. The number of fused-ring (bicyclic) bond motifs is 1. The molecule has 0 aliphatic heterocycles. The van der Waals surface area contributed by atoms with E-state index in [4.69, 9.17) is 5.11 Å². The average molecular weight is 282 g/mol. The summed E-state index contributed by atoms with van der Waals surface area (Å²) in [6.07, 6.45) is 5.54. The molecule has 0 atom stereocenters. The van der Waals surface area contributed by atoms with Crippen LogP contribution in [0.5, 0.6) is 0 Å². The number of aromatic nitrogens is 1. The summed E-state index contributed by atoms with van der Waals surface area (Å²) in [6.45, 7) is 0.157. The van der Waals surface area contributed by atoms with Crippen LogP contribution in [0.2, 0.25) is 0 Å². The van der Waals surface area contributed by atoms with Crippen molar-refractivity contribution in [2.24, 2.45) is 0 Å². The first-order valence-corrected chi connectivity index (χ1v) is 7.05. The lowest BCUT2D eigenvalue weighted by Crippen LogP contribution is -1.91. The number of hydrogen-bond acceptors (Lipinski definition) is 1. The lowest BCUT2D eigenvalue weighted by Gasteiger charge is -2.03. The molecule has 3 aromatic rings. The Morgan fingerprint density at radius 2 is 1.81 bits per heavy atom. The van der Waals surface area contributed by atoms with Gasteiger partial charge in [0, 0.05) is 23.7 Å². The number of halogens is 1. The van der Waals surface area contributed by atoms with Gasteiger partial charge in [0.05, 0.1) is 0 Å². The van der Waals surface area contributed by atoms with E-state index in [9.17, 15) is 4.39 Å². The molecule has 0 saturated heterocycles. The van der Waals surface area contributed by atoms with E-state index >= 15 is 0 Å². The Morgan fingerprint density at radius 1 is 1.05 bits per heavy atom. The van der Waals surface area contributed by atoms with Crippen molar-refractivity contribution in [1.29, 1.82) is 0 Å². The second-order valence-electron chi connectivity index (χ2n) is 5.13. The molecule has 107 valence electrons. The Hall–Kier alpha value is -2.13. The molecule has 0 fully saturated rings. The number of aromatic amines is 1. The van der Waals surface area contributed by atoms with Crippen molar-refractivity contribution in [3.05, 3.63) is 77.6 Å². The Kier molecular flexibility index (Phi) is 4.02. The van der Waals surface area contributed by atoms with Gasteiger partial charge in [0.15, 0.2) is 0 Å². The van der Waals surface area contributed by atoms with Crippen LogP contribution in [0.3, 0.4) is 0 Å². The summed E-state index contributed by atoms with van der Waals surface area (Å²) >= 11 is 0. The molecule has 2 nitrogen and oxygen atoms in total. The summed E-state index contributed by atoms with van der Waals surface area (Å²) in [6, 6.07) is 12.7. The van der Waals surface area contributed by atoms with Crippen LogP contribution >= 0.6 is 0 Å². The molecule has 0 aliphatic rings. The lowest BCUT2D eigenvalue weighted by molar-refractivity contribution is 0.299. The highest BCUT2D eigenvalue weighted by atomic mass is 19.1. The van der Waals surface area contributed by atoms with Gasteiger partial charge in [-0.05, 0) is 60.2 Å². The van der Waals surface area contributed by atoms with Crippen molar-refractivity contribution in [2.75, 3.05) is 6.61 Å². The molecule has 2 N–H and O–H groups in total. The molecule has 21 heavy (non-hydrogen) atoms. The minimum Gasteiger partial charge on any atom is -0.396 e. The zero-order valence-electron chi connectivity index (χ0n) is 11.6. The van der Waals surface area contributed by atoms with E-state index in [1.807, 2.05) is 18.3 Å². The minimum absolute atomic E-state index is 0.157. The van der Waals surface area contributed by atoms with Crippen LogP contribution in [-0.4, -0.2) is 16.7 Å². The van der Waals surface area contributed by atoms with Gasteiger partial charge in [-0.1, -0.05) is 18.2 Å². The van der Waals surface area contributed by atoms with E-state index in [0.717, 1.165) is 34.0 Å². The highest BCUT2D eigenvalue weighted by Gasteiger charge is 2.06. The largest absolute Gasteiger partial charge is 0.396 e. The summed E-state index contributed by atoms with van der Waals surface area (Å²) < 4.78 is 12.9. The van der Waals surface area contributed by atoms with E-state index in [-0.39, 0.29) is 12.4 Å². The molecule has 1 radical (unpaired) electrons. The number of aliphatic hydroxyl groups is 1. The molecular formula is C18H17FNO. The predicted molar refractivity (Wildman–Crippen MR) is 82.6 cm³/mol. The Bertz CT molecular complexity index is 731. The number of nitrogens with one attached hydrogen (secondary N) is 1. The van der Waals surface area contributed by atoms with E-state index in [0.29, 0.717) is 6.42 Å². The fourth-order valence-electron chi connectivity index (χ4n) is 2.49. The normalized spacial score (nSPS) is 11.1. The van der Waals surface area contributed by atoms with Crippen molar-refractivity contribution < 1.29 is 9.50 Å². The van der Waals surface area contributed by atoms with Gasteiger partial charge in [-0.2, -0.15) is 0 Å². The summed E-state index contributed by atoms with van der Waals surface area (Å²) in [7, 11) is 0. The van der Waals surface area contributed by atoms with E-state index in [1.54, 1.807) is 12.1 Å². The van der Waals surface area contributed by atoms with Crippen molar-refractivity contribution >= 4 is 10.9 Å². The molecule has 3 heteroatoms. The van der Waals surface area contributed by atoms with E-state index in [2.05, 4.69) is 17.5 Å². The first kappa shape index (κ1) is 13.8. The highest BCUT2D eigenvalue weighted by Crippen LogP contribution is 2.22. The minimum atomic E-state index is -0.209. The zero-order valence-corrected chi connectivity index (χ0v) is 11.6. The number of hydrogen-bond donors (Lipinski definition) is 2. The monoisotopic (exact) mass is 282 g/mol. The molecule has 0 spiro atoms. The predicted octanol–water partition coefficient (Wildman–Crippen LogP) is 3.64. The molecule has 3 rings (SSSR count). The molecule has 0 unspecified atom stereocenters. The maximum atomic E-state index is 12.9. The third-order valence-electron chi connectivity index (χ3n) is 3.65. The van der Waals surface area contributed by atoms with Crippen molar-refractivity contribution in [1.82, 2.24) is 4.98 Å². The third kappa shape index (κ3) is 3.14. The van der Waals surface area contributed by atoms with Crippen LogP contribution in [0.25, 0.3) is 10.9 Å². The molecule has 0 saturated carbocycles. The average Bonchev–Trinajstić information content (AvgIpc) is 2.90. The molecule has 0 bridgehead atoms. The molecule has 0 amide bonds. The zero-order chi connectivity index (χ0) is 14.7. The van der Waals surface area contributed by atoms with Crippen molar-refractivity contribution in [2.45, 2.75) is 12.8 Å². The summed E-state index contributed by atoms with van der Waals surface area (Å²) in [5, 5.41) is 10.2. The number of benzene rings is 2. The fraction of sp³-hybridized carbons (Fsp3) is 0.167.